The third-order valence-corrected chi connectivity index (χ3v) is 5.18. The molecule has 1 amide bonds. The van der Waals surface area contributed by atoms with E-state index >= 15 is 0 Å². The lowest BCUT2D eigenvalue weighted by Gasteiger charge is -2.10. The van der Waals surface area contributed by atoms with E-state index in [1.807, 2.05) is 17.5 Å². The lowest BCUT2D eigenvalue weighted by Crippen LogP contribution is -2.15. The predicted octanol–water partition coefficient (Wildman–Crippen LogP) is 3.65. The number of imidazole rings is 1. The van der Waals surface area contributed by atoms with Gasteiger partial charge < -0.3 is 5.32 Å². The van der Waals surface area contributed by atoms with Crippen LogP contribution in [0, 0.1) is 13.8 Å². The highest BCUT2D eigenvalue weighted by atomic mass is 19.4. The summed E-state index contributed by atoms with van der Waals surface area (Å²) in [6.07, 6.45) is 4.55. The van der Waals surface area contributed by atoms with Gasteiger partial charge in [-0.3, -0.25) is 19.2 Å². The minimum Gasteiger partial charge on any atom is -0.307 e. The number of hydrogen-bond acceptors (Lipinski definition) is 7. The van der Waals surface area contributed by atoms with Crippen LogP contribution in [0.25, 0.3) is 22.7 Å². The maximum absolute atomic E-state index is 12.9. The summed E-state index contributed by atoms with van der Waals surface area (Å²) in [6.45, 7) is 3.59. The minimum absolute atomic E-state index is 0.110. The van der Waals surface area contributed by atoms with Crippen LogP contribution in [0.1, 0.15) is 27.3 Å². The smallest absolute Gasteiger partial charge is 0.307 e. The van der Waals surface area contributed by atoms with Crippen LogP contribution in [-0.2, 0) is 6.18 Å². The Hall–Kier alpha value is -4.68. The Bertz CT molecular complexity index is 1570. The summed E-state index contributed by atoms with van der Waals surface area (Å²) in [7, 11) is 0. The van der Waals surface area contributed by atoms with Crippen molar-refractivity contribution in [3.8, 4) is 17.1 Å². The summed E-state index contributed by atoms with van der Waals surface area (Å²) >= 11 is 0. The fraction of sp³-hybridized carbons (Fsp3) is 0.136. The zero-order valence-electron chi connectivity index (χ0n) is 18.3. The molecular formula is C22H16F3N9O. The van der Waals surface area contributed by atoms with Crippen molar-refractivity contribution in [2.24, 2.45) is 0 Å². The Morgan fingerprint density at radius 1 is 1.00 bits per heavy atom. The first-order chi connectivity index (χ1) is 16.7. The van der Waals surface area contributed by atoms with Crippen LogP contribution in [0.5, 0.6) is 0 Å². The zero-order chi connectivity index (χ0) is 24.7. The van der Waals surface area contributed by atoms with Crippen LogP contribution < -0.4 is 5.32 Å². The second kappa shape index (κ2) is 8.27. The number of hydrogen-bond donors (Lipinski definition) is 1. The molecule has 176 valence electrons. The van der Waals surface area contributed by atoms with E-state index in [2.05, 4.69) is 35.6 Å². The standard InChI is InChI=1S/C22H16F3N9O/c1-12-10-33-18(8-29-20(33)9-27-12)16-11-34(32-31-16)17-5-14(7-28-13(17)2)21(35)30-19-6-15(3-4-26-19)22(23,24)25/h3-11H,1-2H3,(H,26,30,35). The maximum atomic E-state index is 12.9. The van der Waals surface area contributed by atoms with Crippen molar-refractivity contribution in [2.75, 3.05) is 5.32 Å². The molecule has 13 heteroatoms. The molecule has 10 nitrogen and oxygen atoms in total. The van der Waals surface area contributed by atoms with Gasteiger partial charge in [0.15, 0.2) is 5.65 Å². The average molecular weight is 479 g/mol. The molecule has 0 aliphatic heterocycles. The number of rotatable bonds is 4. The number of anilines is 1. The number of fused-ring (bicyclic) bond motifs is 1. The molecule has 0 aliphatic carbocycles. The second-order valence-corrected chi connectivity index (χ2v) is 7.66. The Morgan fingerprint density at radius 2 is 1.83 bits per heavy atom. The SMILES string of the molecule is Cc1cn2c(-c3cn(-c4cc(C(=O)Nc5cc(C(F)(F)F)ccn5)cnc4C)nn3)cnc2cn1. The van der Waals surface area contributed by atoms with Crippen LogP contribution >= 0.6 is 0 Å². The molecule has 0 aromatic carbocycles. The number of carbonyl (C=O) groups excluding carboxylic acids is 1. The van der Waals surface area contributed by atoms with E-state index in [1.54, 1.807) is 25.5 Å². The van der Waals surface area contributed by atoms with Crippen molar-refractivity contribution >= 4 is 17.4 Å². The molecule has 0 atom stereocenters. The molecule has 1 N–H and O–H groups in total. The third kappa shape index (κ3) is 4.30. The molecule has 0 saturated heterocycles. The number of halogens is 3. The molecule has 0 unspecified atom stereocenters. The van der Waals surface area contributed by atoms with Gasteiger partial charge in [-0.15, -0.1) is 5.10 Å². The number of nitrogens with one attached hydrogen (secondary N) is 1. The van der Waals surface area contributed by atoms with Gasteiger partial charge in [-0.2, -0.15) is 13.2 Å². The molecule has 0 spiro atoms. The van der Waals surface area contributed by atoms with Crippen molar-refractivity contribution in [3.05, 3.63) is 77.9 Å². The number of nitrogens with zero attached hydrogens (tertiary/aromatic N) is 8. The molecule has 35 heavy (non-hydrogen) atoms. The first-order valence-corrected chi connectivity index (χ1v) is 10.2. The van der Waals surface area contributed by atoms with Gasteiger partial charge in [0, 0.05) is 18.6 Å². The molecule has 5 heterocycles. The van der Waals surface area contributed by atoms with Crippen molar-refractivity contribution < 1.29 is 18.0 Å². The quantitative estimate of drug-likeness (QED) is 0.418. The summed E-state index contributed by atoms with van der Waals surface area (Å²) in [5.74, 6) is -0.900. The highest BCUT2D eigenvalue weighted by Crippen LogP contribution is 2.30. The molecule has 0 bridgehead atoms. The number of carbonyl (C=O) groups is 1. The lowest BCUT2D eigenvalue weighted by molar-refractivity contribution is -0.137. The monoisotopic (exact) mass is 479 g/mol. The van der Waals surface area contributed by atoms with Crippen molar-refractivity contribution in [1.82, 2.24) is 39.3 Å². The topological polar surface area (TPSA) is 116 Å². The van der Waals surface area contributed by atoms with Gasteiger partial charge in [-0.1, -0.05) is 5.21 Å². The number of alkyl halides is 3. The van der Waals surface area contributed by atoms with Crippen LogP contribution in [0.15, 0.2) is 55.4 Å². The Kier molecular flexibility index (Phi) is 5.23. The molecular weight excluding hydrogens is 463 g/mol. The normalized spacial score (nSPS) is 11.7. The van der Waals surface area contributed by atoms with E-state index in [4.69, 9.17) is 0 Å². The molecule has 5 aromatic heterocycles. The second-order valence-electron chi connectivity index (χ2n) is 7.66. The van der Waals surface area contributed by atoms with Gasteiger partial charge in [0.25, 0.3) is 5.91 Å². The Balaban J connectivity index is 1.44. The summed E-state index contributed by atoms with van der Waals surface area (Å²) in [6, 6.07) is 3.11. The molecule has 5 aromatic rings. The number of aryl methyl sites for hydroxylation is 2. The predicted molar refractivity (Wildman–Crippen MR) is 118 cm³/mol. The number of amides is 1. The molecule has 0 aliphatic rings. The first-order valence-electron chi connectivity index (χ1n) is 10.2. The Morgan fingerprint density at radius 3 is 2.63 bits per heavy atom. The van der Waals surface area contributed by atoms with Crippen LogP contribution in [-0.4, -0.2) is 45.2 Å². The van der Waals surface area contributed by atoms with Gasteiger partial charge in [0.1, 0.15) is 11.5 Å². The maximum Gasteiger partial charge on any atom is 0.416 e. The van der Waals surface area contributed by atoms with E-state index in [0.717, 1.165) is 24.0 Å². The lowest BCUT2D eigenvalue weighted by atomic mass is 10.2. The summed E-state index contributed by atoms with van der Waals surface area (Å²) in [5.41, 5.74) is 2.92. The highest BCUT2D eigenvalue weighted by Gasteiger charge is 2.31. The number of aromatic nitrogens is 8. The van der Waals surface area contributed by atoms with Gasteiger partial charge in [-0.25, -0.2) is 14.6 Å². The number of pyridine rings is 2. The zero-order valence-corrected chi connectivity index (χ0v) is 18.3. The fourth-order valence-corrected chi connectivity index (χ4v) is 3.42. The van der Waals surface area contributed by atoms with Crippen molar-refractivity contribution in [3.63, 3.8) is 0 Å². The fourth-order valence-electron chi connectivity index (χ4n) is 3.42. The minimum atomic E-state index is -4.55. The van der Waals surface area contributed by atoms with E-state index in [9.17, 15) is 18.0 Å². The molecule has 5 rings (SSSR count). The van der Waals surface area contributed by atoms with Crippen molar-refractivity contribution in [1.29, 1.82) is 0 Å². The van der Waals surface area contributed by atoms with Gasteiger partial charge in [-0.05, 0) is 32.0 Å². The summed E-state index contributed by atoms with van der Waals surface area (Å²) in [5, 5.41) is 10.7. The largest absolute Gasteiger partial charge is 0.416 e. The van der Waals surface area contributed by atoms with Gasteiger partial charge in [0.2, 0.25) is 0 Å². The molecule has 0 radical (unpaired) electrons. The van der Waals surface area contributed by atoms with Gasteiger partial charge >= 0.3 is 6.18 Å². The van der Waals surface area contributed by atoms with Crippen molar-refractivity contribution in [2.45, 2.75) is 20.0 Å². The van der Waals surface area contributed by atoms with Crippen LogP contribution in [0.4, 0.5) is 19.0 Å². The van der Waals surface area contributed by atoms with E-state index in [0.29, 0.717) is 28.4 Å². The Labute approximate surface area is 195 Å². The van der Waals surface area contributed by atoms with E-state index < -0.39 is 17.6 Å². The van der Waals surface area contributed by atoms with E-state index in [1.165, 1.54) is 16.9 Å². The third-order valence-electron chi connectivity index (χ3n) is 5.18. The van der Waals surface area contributed by atoms with E-state index in [-0.39, 0.29) is 11.4 Å². The van der Waals surface area contributed by atoms with Gasteiger partial charge in [0.05, 0.1) is 52.5 Å². The summed E-state index contributed by atoms with van der Waals surface area (Å²) < 4.78 is 42.1. The highest BCUT2D eigenvalue weighted by molar-refractivity contribution is 6.04. The average Bonchev–Trinajstić information content (AvgIpc) is 3.46. The van der Waals surface area contributed by atoms with Crippen LogP contribution in [0.2, 0.25) is 0 Å². The van der Waals surface area contributed by atoms with Crippen LogP contribution in [0.3, 0.4) is 0 Å². The molecule has 0 fully saturated rings. The first kappa shape index (κ1) is 22.1. The summed E-state index contributed by atoms with van der Waals surface area (Å²) in [4.78, 5) is 29.3. The molecule has 0 saturated carbocycles.